The third-order valence-electron chi connectivity index (χ3n) is 3.80. The summed E-state index contributed by atoms with van der Waals surface area (Å²) >= 11 is 0. The first-order valence-electron chi connectivity index (χ1n) is 7.26. The van der Waals surface area contributed by atoms with E-state index in [9.17, 15) is 14.7 Å². The molecule has 1 aliphatic rings. The van der Waals surface area contributed by atoms with Crippen LogP contribution in [0.4, 0.5) is 10.5 Å². The van der Waals surface area contributed by atoms with Gasteiger partial charge < -0.3 is 15.3 Å². The molecule has 1 aromatic rings. The lowest BCUT2D eigenvalue weighted by molar-refractivity contribution is 0.0698. The van der Waals surface area contributed by atoms with Crippen LogP contribution in [0.3, 0.4) is 0 Å². The SMILES string of the molecule is Cc1ccc(NC(=O)N2CC(C)CC(C)C2)c(C(=O)O)c1. The number of aromatic carboxylic acids is 1. The topological polar surface area (TPSA) is 69.6 Å². The molecule has 2 N–H and O–H groups in total. The highest BCUT2D eigenvalue weighted by molar-refractivity contribution is 6.00. The summed E-state index contributed by atoms with van der Waals surface area (Å²) in [6.07, 6.45) is 1.12. The van der Waals surface area contributed by atoms with Crippen molar-refractivity contribution in [2.75, 3.05) is 18.4 Å². The van der Waals surface area contributed by atoms with Crippen molar-refractivity contribution < 1.29 is 14.7 Å². The highest BCUT2D eigenvalue weighted by Crippen LogP contribution is 2.23. The molecular weight excluding hydrogens is 268 g/mol. The second kappa shape index (κ2) is 6.16. The first-order chi connectivity index (χ1) is 9.86. The third-order valence-corrected chi connectivity index (χ3v) is 3.80. The Morgan fingerprint density at radius 3 is 2.43 bits per heavy atom. The molecule has 1 saturated heterocycles. The zero-order chi connectivity index (χ0) is 15.6. The van der Waals surface area contributed by atoms with Crippen LogP contribution >= 0.6 is 0 Å². The molecule has 114 valence electrons. The first-order valence-corrected chi connectivity index (χ1v) is 7.26. The average molecular weight is 290 g/mol. The predicted molar refractivity (Wildman–Crippen MR) is 81.7 cm³/mol. The van der Waals surface area contributed by atoms with Crippen LogP contribution in [0.5, 0.6) is 0 Å². The Hall–Kier alpha value is -2.04. The van der Waals surface area contributed by atoms with Gasteiger partial charge in [-0.3, -0.25) is 0 Å². The summed E-state index contributed by atoms with van der Waals surface area (Å²) < 4.78 is 0. The second-order valence-electron chi connectivity index (χ2n) is 6.14. The maximum absolute atomic E-state index is 12.3. The second-order valence-corrected chi connectivity index (χ2v) is 6.14. The van der Waals surface area contributed by atoms with Gasteiger partial charge in [0.1, 0.15) is 0 Å². The largest absolute Gasteiger partial charge is 0.478 e. The Kier molecular flexibility index (Phi) is 4.50. The molecule has 0 spiro atoms. The zero-order valence-corrected chi connectivity index (χ0v) is 12.7. The lowest BCUT2D eigenvalue weighted by Gasteiger charge is -2.35. The van der Waals surface area contributed by atoms with Gasteiger partial charge in [-0.15, -0.1) is 0 Å². The Balaban J connectivity index is 2.14. The molecule has 2 unspecified atom stereocenters. The summed E-state index contributed by atoms with van der Waals surface area (Å²) in [4.78, 5) is 25.4. The van der Waals surface area contributed by atoms with Crippen LogP contribution in [0, 0.1) is 18.8 Å². The monoisotopic (exact) mass is 290 g/mol. The average Bonchev–Trinajstić information content (AvgIpc) is 2.39. The molecule has 1 heterocycles. The molecular formula is C16H22N2O3. The summed E-state index contributed by atoms with van der Waals surface area (Å²) in [5.41, 5.74) is 1.33. The number of carbonyl (C=O) groups excluding carboxylic acids is 1. The fraction of sp³-hybridized carbons (Fsp3) is 0.500. The summed E-state index contributed by atoms with van der Waals surface area (Å²) in [5, 5.41) is 12.0. The van der Waals surface area contributed by atoms with Crippen LogP contribution in [0.15, 0.2) is 18.2 Å². The number of urea groups is 1. The molecule has 0 saturated carbocycles. The van der Waals surface area contributed by atoms with Gasteiger partial charge >= 0.3 is 12.0 Å². The van der Waals surface area contributed by atoms with Crippen molar-refractivity contribution in [2.24, 2.45) is 11.8 Å². The van der Waals surface area contributed by atoms with Gasteiger partial charge in [0.2, 0.25) is 0 Å². The number of anilines is 1. The van der Waals surface area contributed by atoms with Crippen molar-refractivity contribution in [2.45, 2.75) is 27.2 Å². The van der Waals surface area contributed by atoms with E-state index in [-0.39, 0.29) is 11.6 Å². The minimum Gasteiger partial charge on any atom is -0.478 e. The molecule has 1 aromatic carbocycles. The lowest BCUT2D eigenvalue weighted by atomic mass is 9.92. The van der Waals surface area contributed by atoms with Crippen molar-refractivity contribution in [3.05, 3.63) is 29.3 Å². The van der Waals surface area contributed by atoms with Crippen LogP contribution in [0.1, 0.15) is 36.2 Å². The van der Waals surface area contributed by atoms with Gasteiger partial charge in [-0.05, 0) is 37.3 Å². The lowest BCUT2D eigenvalue weighted by Crippen LogP contribution is -2.44. The predicted octanol–water partition coefficient (Wildman–Crippen LogP) is 3.20. The Morgan fingerprint density at radius 1 is 1.24 bits per heavy atom. The summed E-state index contributed by atoms with van der Waals surface area (Å²) in [7, 11) is 0. The minimum atomic E-state index is -1.03. The van der Waals surface area contributed by atoms with Crippen molar-refractivity contribution >= 4 is 17.7 Å². The molecule has 0 aromatic heterocycles. The number of rotatable bonds is 2. The van der Waals surface area contributed by atoms with Gasteiger partial charge in [-0.25, -0.2) is 9.59 Å². The van der Waals surface area contributed by atoms with Crippen LogP contribution < -0.4 is 5.32 Å². The molecule has 0 radical (unpaired) electrons. The van der Waals surface area contributed by atoms with E-state index in [1.807, 2.05) is 6.92 Å². The summed E-state index contributed by atoms with van der Waals surface area (Å²) in [6, 6.07) is 4.79. The molecule has 1 fully saturated rings. The van der Waals surface area contributed by atoms with E-state index in [4.69, 9.17) is 0 Å². The molecule has 2 amide bonds. The quantitative estimate of drug-likeness (QED) is 0.878. The van der Waals surface area contributed by atoms with Crippen molar-refractivity contribution in [3.63, 3.8) is 0 Å². The minimum absolute atomic E-state index is 0.126. The maximum Gasteiger partial charge on any atom is 0.337 e. The van der Waals surface area contributed by atoms with Gasteiger partial charge in [0, 0.05) is 13.1 Å². The number of piperidine rings is 1. The van der Waals surface area contributed by atoms with Crippen LogP contribution in [-0.2, 0) is 0 Å². The van der Waals surface area contributed by atoms with E-state index in [1.54, 1.807) is 23.1 Å². The van der Waals surface area contributed by atoms with E-state index in [1.165, 1.54) is 0 Å². The number of nitrogens with zero attached hydrogens (tertiary/aromatic N) is 1. The van der Waals surface area contributed by atoms with Crippen LogP contribution in [0.2, 0.25) is 0 Å². The molecule has 1 aliphatic heterocycles. The van der Waals surface area contributed by atoms with Crippen molar-refractivity contribution in [3.8, 4) is 0 Å². The number of benzene rings is 1. The maximum atomic E-state index is 12.3. The van der Waals surface area contributed by atoms with Crippen molar-refractivity contribution in [1.82, 2.24) is 4.90 Å². The fourth-order valence-corrected chi connectivity index (χ4v) is 2.97. The number of nitrogens with one attached hydrogen (secondary N) is 1. The van der Waals surface area contributed by atoms with Gasteiger partial charge in [0.05, 0.1) is 11.3 Å². The molecule has 0 bridgehead atoms. The van der Waals surface area contributed by atoms with E-state index < -0.39 is 5.97 Å². The van der Waals surface area contributed by atoms with Gasteiger partial charge in [-0.1, -0.05) is 25.5 Å². The number of amides is 2. The van der Waals surface area contributed by atoms with Gasteiger partial charge in [0.25, 0.3) is 0 Å². The number of likely N-dealkylation sites (tertiary alicyclic amines) is 1. The summed E-state index contributed by atoms with van der Waals surface area (Å²) in [5.74, 6) is -0.0951. The Bertz CT molecular complexity index is 546. The highest BCUT2D eigenvalue weighted by atomic mass is 16.4. The van der Waals surface area contributed by atoms with Gasteiger partial charge in [-0.2, -0.15) is 0 Å². The molecule has 0 aliphatic carbocycles. The number of carboxylic acid groups (broad SMARTS) is 1. The van der Waals surface area contributed by atoms with E-state index in [0.29, 0.717) is 30.6 Å². The molecule has 2 rings (SSSR count). The fourth-order valence-electron chi connectivity index (χ4n) is 2.97. The standard InChI is InChI=1S/C16H22N2O3/c1-10-4-5-14(13(7-10)15(19)20)17-16(21)18-8-11(2)6-12(3)9-18/h4-5,7,11-12H,6,8-9H2,1-3H3,(H,17,21)(H,19,20). The zero-order valence-electron chi connectivity index (χ0n) is 12.7. The number of carbonyl (C=O) groups is 2. The molecule has 21 heavy (non-hydrogen) atoms. The van der Waals surface area contributed by atoms with Crippen LogP contribution in [0.25, 0.3) is 0 Å². The number of carboxylic acids is 1. The number of hydrogen-bond donors (Lipinski definition) is 2. The van der Waals surface area contributed by atoms with E-state index >= 15 is 0 Å². The molecule has 5 nitrogen and oxygen atoms in total. The summed E-state index contributed by atoms with van der Waals surface area (Å²) in [6.45, 7) is 7.51. The number of aryl methyl sites for hydroxylation is 1. The smallest absolute Gasteiger partial charge is 0.337 e. The normalized spacial score (nSPS) is 22.0. The number of hydrogen-bond acceptors (Lipinski definition) is 2. The Labute approximate surface area is 125 Å². The van der Waals surface area contributed by atoms with Crippen LogP contribution in [-0.4, -0.2) is 35.1 Å². The highest BCUT2D eigenvalue weighted by Gasteiger charge is 2.26. The van der Waals surface area contributed by atoms with Gasteiger partial charge in [0.15, 0.2) is 0 Å². The first kappa shape index (κ1) is 15.4. The third kappa shape index (κ3) is 3.74. The van der Waals surface area contributed by atoms with E-state index in [0.717, 1.165) is 12.0 Å². The molecule has 5 heteroatoms. The van der Waals surface area contributed by atoms with Crippen molar-refractivity contribution in [1.29, 1.82) is 0 Å². The Morgan fingerprint density at radius 2 is 1.86 bits per heavy atom. The van der Waals surface area contributed by atoms with E-state index in [2.05, 4.69) is 19.2 Å². The molecule has 2 atom stereocenters.